The van der Waals surface area contributed by atoms with Crippen molar-refractivity contribution in [3.63, 3.8) is 0 Å². The molecular weight excluding hydrogens is 224 g/mol. The van der Waals surface area contributed by atoms with E-state index in [1.807, 2.05) is 13.8 Å². The second-order valence-electron chi connectivity index (χ2n) is 4.23. The Morgan fingerprint density at radius 2 is 2.29 bits per heavy atom. The predicted molar refractivity (Wildman–Crippen MR) is 64.0 cm³/mol. The zero-order chi connectivity index (χ0) is 13.0. The fourth-order valence-electron chi connectivity index (χ4n) is 1.47. The van der Waals surface area contributed by atoms with Gasteiger partial charge in [0.15, 0.2) is 0 Å². The van der Waals surface area contributed by atoms with Crippen LogP contribution < -0.4 is 5.32 Å². The first-order valence-corrected chi connectivity index (χ1v) is 5.38. The van der Waals surface area contributed by atoms with Crippen LogP contribution in [-0.2, 0) is 11.8 Å². The van der Waals surface area contributed by atoms with Crippen LogP contribution >= 0.6 is 0 Å². The highest BCUT2D eigenvalue weighted by molar-refractivity contribution is 5.52. The van der Waals surface area contributed by atoms with E-state index in [0.29, 0.717) is 18.3 Å². The van der Waals surface area contributed by atoms with Gasteiger partial charge in [-0.25, -0.2) is 0 Å². The lowest BCUT2D eigenvalue weighted by molar-refractivity contribution is -0.388. The van der Waals surface area contributed by atoms with Gasteiger partial charge in [0.1, 0.15) is 0 Å². The average molecular weight is 242 g/mol. The lowest BCUT2D eigenvalue weighted by Gasteiger charge is -2.22. The lowest BCUT2D eigenvalue weighted by atomic mass is 10.1. The van der Waals surface area contributed by atoms with Crippen molar-refractivity contribution >= 4 is 11.6 Å². The number of anilines is 1. The Hall–Kier alpha value is -1.63. The molecule has 0 bridgehead atoms. The quantitative estimate of drug-likeness (QED) is 0.602. The van der Waals surface area contributed by atoms with Crippen LogP contribution in [0.3, 0.4) is 0 Å². The number of rotatable bonds is 6. The van der Waals surface area contributed by atoms with E-state index in [4.69, 9.17) is 4.74 Å². The Balaban J connectivity index is 2.92. The summed E-state index contributed by atoms with van der Waals surface area (Å²) in [6.07, 6.45) is 1.42. The Bertz CT molecular complexity index is 389. The zero-order valence-corrected chi connectivity index (χ0v) is 10.5. The van der Waals surface area contributed by atoms with Crippen molar-refractivity contribution in [1.29, 1.82) is 0 Å². The van der Waals surface area contributed by atoms with Crippen molar-refractivity contribution in [2.24, 2.45) is 13.0 Å². The molecule has 0 fully saturated rings. The van der Waals surface area contributed by atoms with Crippen molar-refractivity contribution in [3.8, 4) is 0 Å². The van der Waals surface area contributed by atoms with Crippen LogP contribution in [0.25, 0.3) is 0 Å². The van der Waals surface area contributed by atoms with Crippen LogP contribution in [0, 0.1) is 16.0 Å². The van der Waals surface area contributed by atoms with Gasteiger partial charge < -0.3 is 20.2 Å². The van der Waals surface area contributed by atoms with Gasteiger partial charge in [-0.2, -0.15) is 0 Å². The molecule has 1 rings (SSSR count). The molecule has 17 heavy (non-hydrogen) atoms. The van der Waals surface area contributed by atoms with Gasteiger partial charge in [0, 0.05) is 14.2 Å². The molecule has 1 aromatic heterocycles. The standard InChI is InChI=1S/C10H18N4O3/c1-7(2)8(5-17-4)12-10-9(14(15)16)11-6-13(10)3/h6-8,12H,5H2,1-4H3. The fraction of sp³-hybridized carbons (Fsp3) is 0.700. The largest absolute Gasteiger partial charge is 0.406 e. The minimum Gasteiger partial charge on any atom is -0.383 e. The molecule has 1 atom stereocenters. The van der Waals surface area contributed by atoms with Crippen LogP contribution in [0.5, 0.6) is 0 Å². The molecule has 0 radical (unpaired) electrons. The highest BCUT2D eigenvalue weighted by Gasteiger charge is 2.23. The van der Waals surface area contributed by atoms with E-state index in [9.17, 15) is 10.1 Å². The second-order valence-corrected chi connectivity index (χ2v) is 4.23. The molecule has 0 amide bonds. The van der Waals surface area contributed by atoms with Crippen molar-refractivity contribution in [2.45, 2.75) is 19.9 Å². The van der Waals surface area contributed by atoms with Crippen molar-refractivity contribution in [3.05, 3.63) is 16.4 Å². The third-order valence-electron chi connectivity index (χ3n) is 2.56. The normalized spacial score (nSPS) is 12.8. The molecule has 1 heterocycles. The monoisotopic (exact) mass is 242 g/mol. The summed E-state index contributed by atoms with van der Waals surface area (Å²) in [5.74, 6) is 0.546. The van der Waals surface area contributed by atoms with Crippen LogP contribution in [0.2, 0.25) is 0 Å². The molecule has 0 aliphatic rings. The lowest BCUT2D eigenvalue weighted by Crippen LogP contribution is -2.31. The van der Waals surface area contributed by atoms with E-state index in [1.165, 1.54) is 6.33 Å². The molecule has 0 spiro atoms. The van der Waals surface area contributed by atoms with Gasteiger partial charge in [0.05, 0.1) is 12.6 Å². The van der Waals surface area contributed by atoms with Crippen LogP contribution in [-0.4, -0.2) is 34.2 Å². The summed E-state index contributed by atoms with van der Waals surface area (Å²) in [4.78, 5) is 14.1. The first-order valence-electron chi connectivity index (χ1n) is 5.38. The van der Waals surface area contributed by atoms with E-state index in [0.717, 1.165) is 0 Å². The number of nitrogens with one attached hydrogen (secondary N) is 1. The molecule has 0 saturated carbocycles. The smallest absolute Gasteiger partial charge is 0.383 e. The number of hydrogen-bond acceptors (Lipinski definition) is 5. The topological polar surface area (TPSA) is 82.2 Å². The fourth-order valence-corrected chi connectivity index (χ4v) is 1.47. The third kappa shape index (κ3) is 3.16. The number of imidazole rings is 1. The molecule has 7 heteroatoms. The Morgan fingerprint density at radius 1 is 1.65 bits per heavy atom. The highest BCUT2D eigenvalue weighted by Crippen LogP contribution is 2.23. The molecule has 0 aromatic carbocycles. The molecule has 1 N–H and O–H groups in total. The first kappa shape index (κ1) is 13.4. The maximum atomic E-state index is 10.8. The number of methoxy groups -OCH3 is 1. The van der Waals surface area contributed by atoms with Gasteiger partial charge in [-0.05, 0) is 15.8 Å². The summed E-state index contributed by atoms with van der Waals surface area (Å²) in [7, 11) is 3.32. The first-order chi connectivity index (χ1) is 7.97. The van der Waals surface area contributed by atoms with Gasteiger partial charge in [-0.15, -0.1) is 0 Å². The van der Waals surface area contributed by atoms with Gasteiger partial charge >= 0.3 is 5.82 Å². The van der Waals surface area contributed by atoms with E-state index in [1.54, 1.807) is 18.7 Å². The maximum Gasteiger partial charge on any atom is 0.406 e. The number of nitrogens with zero attached hydrogens (tertiary/aromatic N) is 3. The van der Waals surface area contributed by atoms with E-state index < -0.39 is 4.92 Å². The second kappa shape index (κ2) is 5.62. The van der Waals surface area contributed by atoms with E-state index >= 15 is 0 Å². The Labute approximate surface area is 99.9 Å². The van der Waals surface area contributed by atoms with Gasteiger partial charge in [0.25, 0.3) is 0 Å². The molecule has 0 aliphatic heterocycles. The van der Waals surface area contributed by atoms with E-state index in [2.05, 4.69) is 10.3 Å². The number of hydrogen-bond donors (Lipinski definition) is 1. The SMILES string of the molecule is COCC(Nc1c([N+](=O)[O-])ncn1C)C(C)C. The molecule has 96 valence electrons. The summed E-state index contributed by atoms with van der Waals surface area (Å²) in [5.41, 5.74) is 0. The Morgan fingerprint density at radius 3 is 2.76 bits per heavy atom. The number of ether oxygens (including phenoxy) is 1. The molecule has 7 nitrogen and oxygen atoms in total. The predicted octanol–water partition coefficient (Wildman–Crippen LogP) is 1.41. The summed E-state index contributed by atoms with van der Waals surface area (Å²) in [6.45, 7) is 4.54. The van der Waals surface area contributed by atoms with Crippen molar-refractivity contribution in [2.75, 3.05) is 19.0 Å². The zero-order valence-electron chi connectivity index (χ0n) is 10.5. The Kier molecular flexibility index (Phi) is 4.45. The van der Waals surface area contributed by atoms with Gasteiger partial charge in [-0.1, -0.05) is 13.8 Å². The van der Waals surface area contributed by atoms with Crippen molar-refractivity contribution in [1.82, 2.24) is 9.55 Å². The molecule has 0 saturated heterocycles. The number of aromatic nitrogens is 2. The molecule has 1 unspecified atom stereocenters. The van der Waals surface area contributed by atoms with Crippen LogP contribution in [0.1, 0.15) is 13.8 Å². The van der Waals surface area contributed by atoms with E-state index in [-0.39, 0.29) is 11.9 Å². The summed E-state index contributed by atoms with van der Waals surface area (Å²) < 4.78 is 6.69. The molecule has 1 aromatic rings. The maximum absolute atomic E-state index is 10.8. The number of aryl methyl sites for hydroxylation is 1. The van der Waals surface area contributed by atoms with Gasteiger partial charge in [-0.3, -0.25) is 4.57 Å². The minimum atomic E-state index is -0.494. The van der Waals surface area contributed by atoms with Crippen molar-refractivity contribution < 1.29 is 9.66 Å². The molecule has 0 aliphatic carbocycles. The molecular formula is C10H18N4O3. The summed E-state index contributed by atoms with van der Waals surface area (Å²) in [6, 6.07) is 0.00843. The van der Waals surface area contributed by atoms with Gasteiger partial charge in [0.2, 0.25) is 12.1 Å². The average Bonchev–Trinajstić information content (AvgIpc) is 2.59. The summed E-state index contributed by atoms with van der Waals surface area (Å²) >= 11 is 0. The minimum absolute atomic E-state index is 0.00843. The highest BCUT2D eigenvalue weighted by atomic mass is 16.6. The summed E-state index contributed by atoms with van der Waals surface area (Å²) in [5, 5.41) is 13.9. The van der Waals surface area contributed by atoms with Crippen LogP contribution in [0.4, 0.5) is 11.6 Å². The third-order valence-corrected chi connectivity index (χ3v) is 2.56. The number of nitro groups is 1. The van der Waals surface area contributed by atoms with Crippen LogP contribution in [0.15, 0.2) is 6.33 Å².